The highest BCUT2D eigenvalue weighted by Crippen LogP contribution is 2.46. The lowest BCUT2D eigenvalue weighted by Gasteiger charge is -2.23. The minimum Gasteiger partial charge on any atom is -0.316 e. The maximum atomic E-state index is 14.5. The summed E-state index contributed by atoms with van der Waals surface area (Å²) in [5, 5.41) is 3.07. The van der Waals surface area contributed by atoms with Crippen LogP contribution < -0.4 is 13.9 Å². The highest BCUT2D eigenvalue weighted by atomic mass is 35.5. The first kappa shape index (κ1) is 22.0. The third-order valence-electron chi connectivity index (χ3n) is 4.83. The molecular formula is C21H20ClF2N3O2S. The molecule has 3 aromatic rings. The van der Waals surface area contributed by atoms with Gasteiger partial charge in [-0.3, -0.25) is 0 Å². The van der Waals surface area contributed by atoms with Crippen LogP contribution in [0.2, 0.25) is 0 Å². The zero-order valence-corrected chi connectivity index (χ0v) is 17.7. The van der Waals surface area contributed by atoms with Crippen molar-refractivity contribution in [3.63, 3.8) is 0 Å². The molecule has 0 aliphatic carbocycles. The fourth-order valence-electron chi connectivity index (χ4n) is 3.49. The first-order valence-electron chi connectivity index (χ1n) is 9.02. The predicted octanol–water partition coefficient (Wildman–Crippen LogP) is 4.51. The van der Waals surface area contributed by atoms with Crippen LogP contribution >= 0.6 is 12.4 Å². The normalized spacial score (nSPS) is 14.4. The number of rotatable bonds is 5. The quantitative estimate of drug-likeness (QED) is 0.621. The van der Waals surface area contributed by atoms with E-state index in [-0.39, 0.29) is 30.3 Å². The molecule has 0 aromatic heterocycles. The molecule has 0 unspecified atom stereocenters. The maximum absolute atomic E-state index is 14.5. The Morgan fingerprint density at radius 1 is 0.833 bits per heavy atom. The summed E-state index contributed by atoms with van der Waals surface area (Å²) in [5.74, 6) is -2.31. The molecule has 0 saturated heterocycles. The van der Waals surface area contributed by atoms with Crippen molar-refractivity contribution in [3.05, 3.63) is 89.5 Å². The number of benzene rings is 3. The van der Waals surface area contributed by atoms with Crippen LogP contribution in [0.5, 0.6) is 0 Å². The van der Waals surface area contributed by atoms with Gasteiger partial charge >= 0.3 is 10.2 Å². The van der Waals surface area contributed by atoms with E-state index in [0.717, 1.165) is 21.5 Å². The first-order valence-corrected chi connectivity index (χ1v) is 10.4. The van der Waals surface area contributed by atoms with Gasteiger partial charge in [0.1, 0.15) is 0 Å². The van der Waals surface area contributed by atoms with Gasteiger partial charge in [-0.05, 0) is 42.4 Å². The van der Waals surface area contributed by atoms with E-state index in [1.54, 1.807) is 24.3 Å². The molecule has 9 heteroatoms. The summed E-state index contributed by atoms with van der Waals surface area (Å²) in [6.07, 6.45) is 0. The third kappa shape index (κ3) is 3.62. The summed E-state index contributed by atoms with van der Waals surface area (Å²) in [7, 11) is -2.36. The number of hydrogen-bond acceptors (Lipinski definition) is 3. The summed E-state index contributed by atoms with van der Waals surface area (Å²) in [5.41, 5.74) is 2.13. The van der Waals surface area contributed by atoms with Crippen molar-refractivity contribution in [1.29, 1.82) is 0 Å². The SMILES string of the molecule is CNCc1ccccc1CN1c2ccccc2N(c2cccc(F)c2F)S1(=O)=O.Cl. The molecule has 0 bridgehead atoms. The zero-order chi connectivity index (χ0) is 20.6. The average molecular weight is 452 g/mol. The molecule has 0 radical (unpaired) electrons. The molecular weight excluding hydrogens is 432 g/mol. The van der Waals surface area contributed by atoms with E-state index in [4.69, 9.17) is 0 Å². The van der Waals surface area contributed by atoms with E-state index >= 15 is 0 Å². The number of halogens is 3. The molecule has 0 amide bonds. The highest BCUT2D eigenvalue weighted by molar-refractivity contribution is 7.95. The van der Waals surface area contributed by atoms with Gasteiger partial charge in [0.25, 0.3) is 0 Å². The minimum absolute atomic E-state index is 0. The Morgan fingerprint density at radius 3 is 2.13 bits per heavy atom. The van der Waals surface area contributed by atoms with Crippen molar-refractivity contribution in [1.82, 2.24) is 5.32 Å². The van der Waals surface area contributed by atoms with Crippen LogP contribution in [0.3, 0.4) is 0 Å². The van der Waals surface area contributed by atoms with Crippen molar-refractivity contribution in [3.8, 4) is 0 Å². The Bertz CT molecular complexity index is 1170. The van der Waals surface area contributed by atoms with Crippen molar-refractivity contribution in [2.45, 2.75) is 13.1 Å². The number of anilines is 3. The molecule has 158 valence electrons. The van der Waals surface area contributed by atoms with Gasteiger partial charge in [-0.1, -0.05) is 42.5 Å². The molecule has 1 N–H and O–H groups in total. The summed E-state index contributed by atoms with van der Waals surface area (Å²) in [6.45, 7) is 0.651. The number of nitrogens with one attached hydrogen (secondary N) is 1. The molecule has 30 heavy (non-hydrogen) atoms. The minimum atomic E-state index is -4.17. The van der Waals surface area contributed by atoms with Crippen LogP contribution in [0.1, 0.15) is 11.1 Å². The third-order valence-corrected chi connectivity index (χ3v) is 6.57. The molecule has 3 aromatic carbocycles. The van der Waals surface area contributed by atoms with Crippen LogP contribution in [0.15, 0.2) is 66.7 Å². The highest BCUT2D eigenvalue weighted by Gasteiger charge is 2.42. The Balaban J connectivity index is 0.00000256. The van der Waals surface area contributed by atoms with E-state index in [2.05, 4.69) is 5.32 Å². The van der Waals surface area contributed by atoms with Crippen molar-refractivity contribution >= 4 is 39.7 Å². The van der Waals surface area contributed by atoms with Crippen LogP contribution in [0, 0.1) is 11.6 Å². The Morgan fingerprint density at radius 2 is 1.43 bits per heavy atom. The smallest absolute Gasteiger partial charge is 0.316 e. The van der Waals surface area contributed by atoms with Gasteiger partial charge in [-0.15, -0.1) is 12.4 Å². The van der Waals surface area contributed by atoms with Crippen LogP contribution in [0.25, 0.3) is 0 Å². The van der Waals surface area contributed by atoms with Gasteiger partial charge in [-0.25, -0.2) is 17.4 Å². The van der Waals surface area contributed by atoms with Gasteiger partial charge < -0.3 is 5.32 Å². The number of fused-ring (bicyclic) bond motifs is 1. The van der Waals surface area contributed by atoms with E-state index in [9.17, 15) is 17.2 Å². The van der Waals surface area contributed by atoms with Gasteiger partial charge in [-0.2, -0.15) is 8.42 Å². The van der Waals surface area contributed by atoms with Crippen LogP contribution in [-0.2, 0) is 23.3 Å². The lowest BCUT2D eigenvalue weighted by Crippen LogP contribution is -2.35. The van der Waals surface area contributed by atoms with Crippen LogP contribution in [0.4, 0.5) is 25.8 Å². The second-order valence-corrected chi connectivity index (χ2v) is 8.34. The van der Waals surface area contributed by atoms with E-state index in [1.807, 2.05) is 31.3 Å². The second-order valence-electron chi connectivity index (χ2n) is 6.64. The summed E-state index contributed by atoms with van der Waals surface area (Å²) >= 11 is 0. The molecule has 1 aliphatic rings. The molecule has 1 aliphatic heterocycles. The number of nitrogens with zero attached hydrogens (tertiary/aromatic N) is 2. The number of hydrogen-bond donors (Lipinski definition) is 1. The summed E-state index contributed by atoms with van der Waals surface area (Å²) < 4.78 is 57.3. The Hall–Kier alpha value is -2.68. The molecule has 0 atom stereocenters. The Labute approximate surface area is 180 Å². The van der Waals surface area contributed by atoms with Crippen LogP contribution in [-0.4, -0.2) is 15.5 Å². The van der Waals surface area contributed by atoms with Gasteiger partial charge in [0.05, 0.1) is 23.6 Å². The van der Waals surface area contributed by atoms with Gasteiger partial charge in [0, 0.05) is 6.54 Å². The first-order chi connectivity index (χ1) is 13.9. The molecule has 1 heterocycles. The summed E-state index contributed by atoms with van der Waals surface area (Å²) in [4.78, 5) is 0. The second kappa shape index (κ2) is 8.59. The largest absolute Gasteiger partial charge is 0.331 e. The maximum Gasteiger partial charge on any atom is 0.331 e. The zero-order valence-electron chi connectivity index (χ0n) is 16.0. The van der Waals surface area contributed by atoms with E-state index < -0.39 is 21.8 Å². The molecule has 4 rings (SSSR count). The average Bonchev–Trinajstić information content (AvgIpc) is 2.92. The number of para-hydroxylation sites is 2. The predicted molar refractivity (Wildman–Crippen MR) is 116 cm³/mol. The van der Waals surface area contributed by atoms with E-state index in [1.165, 1.54) is 16.4 Å². The van der Waals surface area contributed by atoms with Crippen molar-refractivity contribution in [2.24, 2.45) is 0 Å². The topological polar surface area (TPSA) is 52.6 Å². The molecule has 0 spiro atoms. The molecule has 0 saturated carbocycles. The lowest BCUT2D eigenvalue weighted by atomic mass is 10.1. The molecule has 0 fully saturated rings. The fraction of sp³-hybridized carbons (Fsp3) is 0.143. The van der Waals surface area contributed by atoms with Gasteiger partial charge in [0.2, 0.25) is 0 Å². The molecule has 5 nitrogen and oxygen atoms in total. The fourth-order valence-corrected chi connectivity index (χ4v) is 5.19. The monoisotopic (exact) mass is 451 g/mol. The van der Waals surface area contributed by atoms with Crippen molar-refractivity contribution in [2.75, 3.05) is 15.7 Å². The van der Waals surface area contributed by atoms with Crippen molar-refractivity contribution < 1.29 is 17.2 Å². The standard InChI is InChI=1S/C21H19F2N3O2S.ClH/c1-24-13-15-7-2-3-8-16(15)14-25-18-10-4-5-11-19(18)26(29(25,27)28)20-12-6-9-17(22)21(20)23;/h2-12,24H,13-14H2,1H3;1H. The Kier molecular flexibility index (Phi) is 6.30. The van der Waals surface area contributed by atoms with Gasteiger partial charge in [0.15, 0.2) is 11.6 Å². The van der Waals surface area contributed by atoms with E-state index in [0.29, 0.717) is 12.2 Å². The summed E-state index contributed by atoms with van der Waals surface area (Å²) in [6, 6.07) is 17.6. The lowest BCUT2D eigenvalue weighted by molar-refractivity contribution is 0.510.